The van der Waals surface area contributed by atoms with E-state index in [-0.39, 0.29) is 11.3 Å². The Hall–Kier alpha value is -3.08. The second-order valence-electron chi connectivity index (χ2n) is 9.65. The predicted molar refractivity (Wildman–Crippen MR) is 136 cm³/mol. The number of hydrogen-bond acceptors (Lipinski definition) is 2. The van der Waals surface area contributed by atoms with Crippen molar-refractivity contribution < 1.29 is 9.90 Å². The lowest BCUT2D eigenvalue weighted by Crippen LogP contribution is -2.28. The number of unbranched alkanes of at least 4 members (excludes halogenated alkanes) is 2. The van der Waals surface area contributed by atoms with Gasteiger partial charge in [0.1, 0.15) is 0 Å². The quantitative estimate of drug-likeness (QED) is 0.357. The molecule has 0 bridgehead atoms. The molecule has 180 valence electrons. The summed E-state index contributed by atoms with van der Waals surface area (Å²) >= 11 is 0. The van der Waals surface area contributed by atoms with E-state index in [1.54, 1.807) is 6.07 Å². The summed E-state index contributed by atoms with van der Waals surface area (Å²) in [5.41, 5.74) is 3.77. The van der Waals surface area contributed by atoms with Crippen molar-refractivity contribution in [1.29, 1.82) is 0 Å². The summed E-state index contributed by atoms with van der Waals surface area (Å²) in [5.74, 6) is -0.374. The molecular formula is C29H36N2O3. The highest BCUT2D eigenvalue weighted by Gasteiger charge is 2.19. The number of benzene rings is 2. The first-order valence-corrected chi connectivity index (χ1v) is 12.8. The summed E-state index contributed by atoms with van der Waals surface area (Å²) in [5, 5.41) is 9.88. The van der Waals surface area contributed by atoms with Crippen LogP contribution in [-0.2, 0) is 19.5 Å². The van der Waals surface area contributed by atoms with Crippen LogP contribution in [0.25, 0.3) is 11.1 Å². The number of carboxylic acid groups (broad SMARTS) is 1. The van der Waals surface area contributed by atoms with E-state index in [0.717, 1.165) is 49.0 Å². The molecule has 0 radical (unpaired) electrons. The SMILES string of the molecule is CCCCCc1cn(CC2CCCCC2)c(=O)n1Cc1ccc(-c2ccccc2)c(C(=O)O)c1. The first kappa shape index (κ1) is 24.1. The Bertz CT molecular complexity index is 1150. The van der Waals surface area contributed by atoms with E-state index in [9.17, 15) is 14.7 Å². The van der Waals surface area contributed by atoms with Gasteiger partial charge in [0, 0.05) is 18.4 Å². The summed E-state index contributed by atoms with van der Waals surface area (Å²) < 4.78 is 3.77. The van der Waals surface area contributed by atoms with Crippen LogP contribution >= 0.6 is 0 Å². The van der Waals surface area contributed by atoms with Gasteiger partial charge in [0.25, 0.3) is 0 Å². The minimum absolute atomic E-state index is 0.0288. The molecule has 1 N–H and O–H groups in total. The Morgan fingerprint density at radius 2 is 1.79 bits per heavy atom. The maximum Gasteiger partial charge on any atom is 0.336 e. The topological polar surface area (TPSA) is 64.2 Å². The van der Waals surface area contributed by atoms with E-state index in [0.29, 0.717) is 18.0 Å². The Balaban J connectivity index is 1.64. The molecule has 1 aromatic heterocycles. The number of aromatic nitrogens is 2. The maximum atomic E-state index is 13.4. The van der Waals surface area contributed by atoms with Gasteiger partial charge in [0.05, 0.1) is 12.1 Å². The lowest BCUT2D eigenvalue weighted by molar-refractivity contribution is 0.0697. The van der Waals surface area contributed by atoms with Gasteiger partial charge in [-0.3, -0.25) is 9.13 Å². The van der Waals surface area contributed by atoms with Crippen molar-refractivity contribution in [1.82, 2.24) is 9.13 Å². The van der Waals surface area contributed by atoms with Crippen molar-refractivity contribution in [3.63, 3.8) is 0 Å². The minimum Gasteiger partial charge on any atom is -0.478 e. The highest BCUT2D eigenvalue weighted by atomic mass is 16.4. The number of aryl methyl sites for hydroxylation is 1. The van der Waals surface area contributed by atoms with Crippen LogP contribution in [0.3, 0.4) is 0 Å². The molecular weight excluding hydrogens is 424 g/mol. The van der Waals surface area contributed by atoms with Gasteiger partial charge in [-0.15, -0.1) is 0 Å². The van der Waals surface area contributed by atoms with Crippen molar-refractivity contribution in [2.45, 2.75) is 77.8 Å². The highest BCUT2D eigenvalue weighted by Crippen LogP contribution is 2.26. The van der Waals surface area contributed by atoms with Crippen LogP contribution in [0, 0.1) is 5.92 Å². The zero-order valence-corrected chi connectivity index (χ0v) is 20.2. The van der Waals surface area contributed by atoms with Gasteiger partial charge in [0.15, 0.2) is 0 Å². The van der Waals surface area contributed by atoms with E-state index in [1.165, 1.54) is 32.1 Å². The fourth-order valence-corrected chi connectivity index (χ4v) is 5.20. The van der Waals surface area contributed by atoms with E-state index in [2.05, 4.69) is 13.1 Å². The molecule has 34 heavy (non-hydrogen) atoms. The minimum atomic E-state index is -0.953. The third-order valence-electron chi connectivity index (χ3n) is 7.08. The molecule has 1 fully saturated rings. The van der Waals surface area contributed by atoms with Gasteiger partial charge in [-0.1, -0.05) is 81.5 Å². The van der Waals surface area contributed by atoms with Crippen LogP contribution in [0.1, 0.15) is 79.9 Å². The van der Waals surface area contributed by atoms with Crippen molar-refractivity contribution in [3.8, 4) is 11.1 Å². The third-order valence-corrected chi connectivity index (χ3v) is 7.08. The molecule has 1 aliphatic rings. The molecule has 1 aliphatic carbocycles. The fraction of sp³-hybridized carbons (Fsp3) is 0.448. The maximum absolute atomic E-state index is 13.4. The van der Waals surface area contributed by atoms with Crippen LogP contribution < -0.4 is 5.69 Å². The van der Waals surface area contributed by atoms with Crippen LogP contribution in [0.15, 0.2) is 59.5 Å². The van der Waals surface area contributed by atoms with Gasteiger partial charge >= 0.3 is 11.7 Å². The zero-order valence-electron chi connectivity index (χ0n) is 20.2. The fourth-order valence-electron chi connectivity index (χ4n) is 5.20. The molecule has 3 aromatic rings. The highest BCUT2D eigenvalue weighted by molar-refractivity contribution is 5.96. The largest absolute Gasteiger partial charge is 0.478 e. The molecule has 5 heteroatoms. The third kappa shape index (κ3) is 5.69. The average molecular weight is 461 g/mol. The van der Waals surface area contributed by atoms with E-state index in [4.69, 9.17) is 0 Å². The van der Waals surface area contributed by atoms with Crippen LogP contribution in [0.4, 0.5) is 0 Å². The number of aromatic carboxylic acids is 1. The second-order valence-corrected chi connectivity index (χ2v) is 9.65. The monoisotopic (exact) mass is 460 g/mol. The molecule has 5 nitrogen and oxygen atoms in total. The number of carbonyl (C=O) groups is 1. The Morgan fingerprint density at radius 1 is 1.03 bits per heavy atom. The van der Waals surface area contributed by atoms with Crippen molar-refractivity contribution in [3.05, 3.63) is 82.0 Å². The Kier molecular flexibility index (Phi) is 8.04. The van der Waals surface area contributed by atoms with Crippen molar-refractivity contribution in [2.75, 3.05) is 0 Å². The van der Waals surface area contributed by atoms with Crippen LogP contribution in [0.5, 0.6) is 0 Å². The first-order chi connectivity index (χ1) is 16.6. The van der Waals surface area contributed by atoms with E-state index >= 15 is 0 Å². The standard InChI is InChI=1S/C29H36N2O3/c1-2-3-6-15-25-21-30(19-22-11-7-4-8-12-22)29(34)31(25)20-23-16-17-26(27(18-23)28(32)33)24-13-9-5-10-14-24/h5,9-10,13-14,16-18,21-22H,2-4,6-8,11-12,15,19-20H2,1H3,(H,32,33). The van der Waals surface area contributed by atoms with Crippen LogP contribution in [-0.4, -0.2) is 20.2 Å². The molecule has 0 spiro atoms. The molecule has 1 saturated carbocycles. The summed E-state index contributed by atoms with van der Waals surface area (Å²) in [6.45, 7) is 3.37. The molecule has 4 rings (SSSR count). The molecule has 2 aromatic carbocycles. The van der Waals surface area contributed by atoms with Gasteiger partial charge in [0.2, 0.25) is 0 Å². The summed E-state index contributed by atoms with van der Waals surface area (Å²) in [7, 11) is 0. The number of rotatable bonds is 10. The number of hydrogen-bond donors (Lipinski definition) is 1. The van der Waals surface area contributed by atoms with E-state index in [1.807, 2.05) is 51.6 Å². The summed E-state index contributed by atoms with van der Waals surface area (Å²) in [6.07, 6.45) is 12.5. The smallest absolute Gasteiger partial charge is 0.336 e. The predicted octanol–water partition coefficient (Wildman–Crippen LogP) is 6.38. The number of carboxylic acids is 1. The molecule has 1 heterocycles. The number of nitrogens with zero attached hydrogens (tertiary/aromatic N) is 2. The lowest BCUT2D eigenvalue weighted by Gasteiger charge is -2.21. The Morgan fingerprint density at radius 3 is 2.50 bits per heavy atom. The summed E-state index contributed by atoms with van der Waals surface area (Å²) in [4.78, 5) is 25.5. The van der Waals surface area contributed by atoms with E-state index < -0.39 is 5.97 Å². The first-order valence-electron chi connectivity index (χ1n) is 12.8. The molecule has 0 amide bonds. The normalized spacial score (nSPS) is 14.4. The summed E-state index contributed by atoms with van der Waals surface area (Å²) in [6, 6.07) is 15.1. The Labute approximate surface area is 202 Å². The zero-order chi connectivity index (χ0) is 23.9. The van der Waals surface area contributed by atoms with Gasteiger partial charge in [-0.05, 0) is 54.4 Å². The second kappa shape index (κ2) is 11.4. The van der Waals surface area contributed by atoms with Crippen molar-refractivity contribution in [2.24, 2.45) is 5.92 Å². The van der Waals surface area contributed by atoms with Gasteiger partial charge in [-0.25, -0.2) is 9.59 Å². The van der Waals surface area contributed by atoms with Gasteiger partial charge in [-0.2, -0.15) is 0 Å². The molecule has 0 unspecified atom stereocenters. The van der Waals surface area contributed by atoms with Gasteiger partial charge < -0.3 is 5.11 Å². The average Bonchev–Trinajstić information content (AvgIpc) is 3.14. The number of imidazole rings is 1. The lowest BCUT2D eigenvalue weighted by atomic mass is 9.89. The molecule has 0 atom stereocenters. The molecule has 0 aliphatic heterocycles. The van der Waals surface area contributed by atoms with Crippen molar-refractivity contribution >= 4 is 5.97 Å². The van der Waals surface area contributed by atoms with Crippen LogP contribution in [0.2, 0.25) is 0 Å². The molecule has 0 saturated heterocycles.